The lowest BCUT2D eigenvalue weighted by molar-refractivity contribution is 0.0736. The van der Waals surface area contributed by atoms with E-state index in [1.807, 2.05) is 0 Å². The number of aromatic nitrogens is 1. The molecular formula is C11H18N2O5S. The van der Waals surface area contributed by atoms with E-state index in [2.05, 4.69) is 9.71 Å². The van der Waals surface area contributed by atoms with Gasteiger partial charge in [-0.1, -0.05) is 6.07 Å². The van der Waals surface area contributed by atoms with Crippen LogP contribution < -0.4 is 4.72 Å². The van der Waals surface area contributed by atoms with Crippen molar-refractivity contribution >= 4 is 10.0 Å². The predicted octanol–water partition coefficient (Wildman–Crippen LogP) is -0.485. The van der Waals surface area contributed by atoms with Gasteiger partial charge in [0, 0.05) is 19.9 Å². The van der Waals surface area contributed by atoms with Crippen molar-refractivity contribution in [1.29, 1.82) is 0 Å². The molecular weight excluding hydrogens is 272 g/mol. The summed E-state index contributed by atoms with van der Waals surface area (Å²) in [6.07, 6.45) is 1.32. The molecule has 0 aliphatic heterocycles. The van der Waals surface area contributed by atoms with Crippen molar-refractivity contribution in [3.8, 4) is 0 Å². The fourth-order valence-electron chi connectivity index (χ4n) is 1.23. The van der Waals surface area contributed by atoms with Crippen LogP contribution in [0.15, 0.2) is 23.4 Å². The van der Waals surface area contributed by atoms with Gasteiger partial charge in [0.05, 0.1) is 26.4 Å². The summed E-state index contributed by atoms with van der Waals surface area (Å²) in [5.41, 5.74) is 0.557. The number of aliphatic hydroxyl groups excluding tert-OH is 1. The van der Waals surface area contributed by atoms with Gasteiger partial charge >= 0.3 is 0 Å². The molecule has 0 amide bonds. The molecule has 1 heterocycles. The van der Waals surface area contributed by atoms with Gasteiger partial charge < -0.3 is 14.6 Å². The van der Waals surface area contributed by atoms with Crippen LogP contribution in [0.2, 0.25) is 0 Å². The molecule has 19 heavy (non-hydrogen) atoms. The molecule has 0 saturated carbocycles. The molecule has 0 bridgehead atoms. The van der Waals surface area contributed by atoms with E-state index in [9.17, 15) is 8.42 Å². The zero-order chi connectivity index (χ0) is 14.1. The number of hydrogen-bond donors (Lipinski definition) is 2. The monoisotopic (exact) mass is 290 g/mol. The van der Waals surface area contributed by atoms with Crippen LogP contribution in [0, 0.1) is 0 Å². The summed E-state index contributed by atoms with van der Waals surface area (Å²) in [6, 6.07) is 2.86. The van der Waals surface area contributed by atoms with Gasteiger partial charge in [-0.3, -0.25) is 0 Å². The van der Waals surface area contributed by atoms with E-state index in [4.69, 9.17) is 14.6 Å². The summed E-state index contributed by atoms with van der Waals surface area (Å²) in [5.74, 6) is 0. The van der Waals surface area contributed by atoms with Gasteiger partial charge in [0.25, 0.3) is 10.0 Å². The van der Waals surface area contributed by atoms with Crippen LogP contribution in [0.4, 0.5) is 0 Å². The van der Waals surface area contributed by atoms with Crippen molar-refractivity contribution in [2.45, 2.75) is 11.6 Å². The minimum Gasteiger partial charge on any atom is -0.392 e. The standard InChI is InChI=1S/C11H18N2O5S/c1-17-6-7-18-5-4-13-19(15,16)11-3-2-10(9-14)8-12-11/h2-3,8,13-14H,4-7,9H2,1H3. The number of ether oxygens (including phenoxy) is 2. The molecule has 1 rings (SSSR count). The minimum atomic E-state index is -3.63. The topological polar surface area (TPSA) is 97.8 Å². The Kier molecular flexibility index (Phi) is 6.89. The Morgan fingerprint density at radius 2 is 2.11 bits per heavy atom. The second-order valence-corrected chi connectivity index (χ2v) is 5.38. The zero-order valence-electron chi connectivity index (χ0n) is 10.7. The zero-order valence-corrected chi connectivity index (χ0v) is 11.5. The van der Waals surface area contributed by atoms with Crippen LogP contribution in [0.5, 0.6) is 0 Å². The van der Waals surface area contributed by atoms with E-state index in [1.54, 1.807) is 7.11 Å². The number of nitrogens with zero attached hydrogens (tertiary/aromatic N) is 1. The number of rotatable bonds is 9. The highest BCUT2D eigenvalue weighted by Crippen LogP contribution is 2.06. The van der Waals surface area contributed by atoms with Gasteiger partial charge in [0.2, 0.25) is 0 Å². The highest BCUT2D eigenvalue weighted by atomic mass is 32.2. The quantitative estimate of drug-likeness (QED) is 0.596. The molecule has 0 aromatic carbocycles. The number of pyridine rings is 1. The van der Waals surface area contributed by atoms with Crippen molar-refractivity contribution in [1.82, 2.24) is 9.71 Å². The average Bonchev–Trinajstić information content (AvgIpc) is 2.43. The Hall–Kier alpha value is -1.06. The number of aliphatic hydroxyl groups is 1. The maximum atomic E-state index is 11.8. The van der Waals surface area contributed by atoms with E-state index in [-0.39, 0.29) is 24.8 Å². The number of hydrogen-bond acceptors (Lipinski definition) is 6. The molecule has 0 aliphatic carbocycles. The van der Waals surface area contributed by atoms with Crippen molar-refractivity contribution in [3.05, 3.63) is 23.9 Å². The van der Waals surface area contributed by atoms with Crippen molar-refractivity contribution in [2.75, 3.05) is 33.5 Å². The third-order valence-electron chi connectivity index (χ3n) is 2.23. The maximum absolute atomic E-state index is 11.8. The summed E-state index contributed by atoms with van der Waals surface area (Å²) in [5, 5.41) is 8.76. The fraction of sp³-hybridized carbons (Fsp3) is 0.545. The van der Waals surface area contributed by atoms with E-state index in [0.717, 1.165) is 0 Å². The molecule has 0 saturated heterocycles. The lowest BCUT2D eigenvalue weighted by atomic mass is 10.3. The highest BCUT2D eigenvalue weighted by molar-refractivity contribution is 7.89. The molecule has 0 spiro atoms. The van der Waals surface area contributed by atoms with Crippen LogP contribution in [0.3, 0.4) is 0 Å². The van der Waals surface area contributed by atoms with Crippen molar-refractivity contribution in [2.24, 2.45) is 0 Å². The lowest BCUT2D eigenvalue weighted by Crippen LogP contribution is -2.28. The maximum Gasteiger partial charge on any atom is 0.258 e. The Bertz CT molecular complexity index is 460. The lowest BCUT2D eigenvalue weighted by Gasteiger charge is -2.07. The summed E-state index contributed by atoms with van der Waals surface area (Å²) >= 11 is 0. The van der Waals surface area contributed by atoms with E-state index in [0.29, 0.717) is 18.8 Å². The van der Waals surface area contributed by atoms with E-state index in [1.165, 1.54) is 18.3 Å². The van der Waals surface area contributed by atoms with Crippen LogP contribution in [0.25, 0.3) is 0 Å². The molecule has 0 fully saturated rings. The molecule has 7 nitrogen and oxygen atoms in total. The number of sulfonamides is 1. The third-order valence-corrected chi connectivity index (χ3v) is 3.60. The molecule has 2 N–H and O–H groups in total. The first-order valence-electron chi connectivity index (χ1n) is 5.72. The van der Waals surface area contributed by atoms with Crippen molar-refractivity contribution < 1.29 is 23.0 Å². The van der Waals surface area contributed by atoms with Gasteiger partial charge in [-0.25, -0.2) is 18.1 Å². The Morgan fingerprint density at radius 1 is 1.32 bits per heavy atom. The molecule has 1 aromatic rings. The van der Waals surface area contributed by atoms with Crippen LogP contribution in [-0.4, -0.2) is 52.0 Å². The molecule has 108 valence electrons. The first-order valence-corrected chi connectivity index (χ1v) is 7.20. The summed E-state index contributed by atoms with van der Waals surface area (Å²) < 4.78 is 35.9. The van der Waals surface area contributed by atoms with Gasteiger partial charge in [-0.05, 0) is 11.6 Å². The summed E-state index contributed by atoms with van der Waals surface area (Å²) in [7, 11) is -2.07. The van der Waals surface area contributed by atoms with Crippen LogP contribution in [0.1, 0.15) is 5.56 Å². The molecule has 0 aliphatic rings. The van der Waals surface area contributed by atoms with Gasteiger partial charge in [0.15, 0.2) is 5.03 Å². The molecule has 0 radical (unpaired) electrons. The second kappa shape index (κ2) is 8.18. The molecule has 8 heteroatoms. The Balaban J connectivity index is 2.42. The predicted molar refractivity (Wildman–Crippen MR) is 68.0 cm³/mol. The van der Waals surface area contributed by atoms with Gasteiger partial charge in [0.1, 0.15) is 0 Å². The first-order chi connectivity index (χ1) is 9.10. The van der Waals surface area contributed by atoms with Gasteiger partial charge in [-0.2, -0.15) is 0 Å². The van der Waals surface area contributed by atoms with Crippen LogP contribution >= 0.6 is 0 Å². The molecule has 1 aromatic heterocycles. The third kappa shape index (κ3) is 5.62. The SMILES string of the molecule is COCCOCCNS(=O)(=O)c1ccc(CO)cn1. The highest BCUT2D eigenvalue weighted by Gasteiger charge is 2.14. The average molecular weight is 290 g/mol. The van der Waals surface area contributed by atoms with Gasteiger partial charge in [-0.15, -0.1) is 0 Å². The largest absolute Gasteiger partial charge is 0.392 e. The van der Waals surface area contributed by atoms with E-state index >= 15 is 0 Å². The summed E-state index contributed by atoms with van der Waals surface area (Å²) in [4.78, 5) is 3.78. The van der Waals surface area contributed by atoms with E-state index < -0.39 is 10.0 Å². The molecule has 0 unspecified atom stereocenters. The minimum absolute atomic E-state index is 0.0819. The Labute approximate surface area is 112 Å². The van der Waals surface area contributed by atoms with Crippen molar-refractivity contribution in [3.63, 3.8) is 0 Å². The second-order valence-electron chi connectivity index (χ2n) is 3.67. The smallest absolute Gasteiger partial charge is 0.258 e. The fourth-order valence-corrected chi connectivity index (χ4v) is 2.17. The first kappa shape index (κ1) is 16.0. The summed E-state index contributed by atoms with van der Waals surface area (Å²) in [6.45, 7) is 1.14. The Morgan fingerprint density at radius 3 is 2.68 bits per heavy atom. The normalized spacial score (nSPS) is 11.7. The number of methoxy groups -OCH3 is 1. The molecule has 0 atom stereocenters. The van der Waals surface area contributed by atoms with Crippen LogP contribution in [-0.2, 0) is 26.1 Å². The number of nitrogens with one attached hydrogen (secondary N) is 1.